The number of pyridine rings is 1. The quantitative estimate of drug-likeness (QED) is 0.644. The second kappa shape index (κ2) is 8.45. The second-order valence-electron chi connectivity index (χ2n) is 6.90. The van der Waals surface area contributed by atoms with E-state index >= 15 is 0 Å². The number of amides is 1. The Bertz CT molecular complexity index is 1130. The number of rotatable bonds is 6. The fraction of sp³-hybridized carbons (Fsp3) is 0.182. The fourth-order valence-electron chi connectivity index (χ4n) is 2.92. The maximum atomic E-state index is 12.8. The number of nitrogens with one attached hydrogen (secondary N) is 2. The first kappa shape index (κ1) is 20.5. The zero-order chi connectivity index (χ0) is 21.0. The lowest BCUT2D eigenvalue weighted by Gasteiger charge is -2.15. The molecular formula is C22H23N3O3S. The minimum Gasteiger partial charge on any atom is -0.344 e. The third-order valence-electron chi connectivity index (χ3n) is 4.51. The summed E-state index contributed by atoms with van der Waals surface area (Å²) in [5, 5.41) is 2.87. The Labute approximate surface area is 171 Å². The summed E-state index contributed by atoms with van der Waals surface area (Å²) in [5.41, 5.74) is 3.13. The SMILES string of the molecule is Cc1cccc(NS(=O)(=O)c2ccc(C)c(C(=O)NC(C)c3ccccn3)c2)c1. The minimum atomic E-state index is -3.83. The Hall–Kier alpha value is -3.19. The fourth-order valence-corrected chi connectivity index (χ4v) is 3.99. The molecule has 0 aliphatic carbocycles. The van der Waals surface area contributed by atoms with Gasteiger partial charge in [0.1, 0.15) is 0 Å². The van der Waals surface area contributed by atoms with E-state index in [4.69, 9.17) is 0 Å². The average molecular weight is 410 g/mol. The summed E-state index contributed by atoms with van der Waals surface area (Å²) < 4.78 is 28.1. The van der Waals surface area contributed by atoms with Crippen LogP contribution in [0.25, 0.3) is 0 Å². The molecule has 2 N–H and O–H groups in total. The summed E-state index contributed by atoms with van der Waals surface area (Å²) in [4.78, 5) is 17.0. The Morgan fingerprint density at radius 1 is 1.00 bits per heavy atom. The number of hydrogen-bond donors (Lipinski definition) is 2. The Kier molecular flexibility index (Phi) is 5.98. The van der Waals surface area contributed by atoms with Crippen molar-refractivity contribution in [1.82, 2.24) is 10.3 Å². The van der Waals surface area contributed by atoms with E-state index < -0.39 is 10.0 Å². The summed E-state index contributed by atoms with van der Waals surface area (Å²) >= 11 is 0. The average Bonchev–Trinajstić information content (AvgIpc) is 2.68. The standard InChI is InChI=1S/C22H23N3O3S/c1-15-7-6-8-18(13-15)25-29(27,28)19-11-10-16(2)20(14-19)22(26)24-17(3)21-9-4-5-12-23-21/h4-14,17,25H,1-3H3,(H,24,26). The first-order valence-corrected chi connectivity index (χ1v) is 10.7. The predicted octanol–water partition coefficient (Wildman–Crippen LogP) is 3.99. The van der Waals surface area contributed by atoms with Gasteiger partial charge in [-0.2, -0.15) is 0 Å². The van der Waals surface area contributed by atoms with Gasteiger partial charge < -0.3 is 5.32 Å². The molecule has 0 bridgehead atoms. The number of carbonyl (C=O) groups excluding carboxylic acids is 1. The Morgan fingerprint density at radius 3 is 2.48 bits per heavy atom. The summed E-state index contributed by atoms with van der Waals surface area (Å²) in [5.74, 6) is -0.353. The van der Waals surface area contributed by atoms with Crippen molar-refractivity contribution in [2.24, 2.45) is 0 Å². The normalized spacial score (nSPS) is 12.2. The van der Waals surface area contributed by atoms with E-state index in [0.717, 1.165) is 11.3 Å². The molecule has 1 heterocycles. The van der Waals surface area contributed by atoms with Crippen LogP contribution in [0.5, 0.6) is 0 Å². The summed E-state index contributed by atoms with van der Waals surface area (Å²) in [6.45, 7) is 5.48. The van der Waals surface area contributed by atoms with Gasteiger partial charge in [-0.25, -0.2) is 8.42 Å². The number of nitrogens with zero attached hydrogens (tertiary/aromatic N) is 1. The molecule has 0 aliphatic heterocycles. The largest absolute Gasteiger partial charge is 0.344 e. The van der Waals surface area contributed by atoms with Gasteiger partial charge in [0, 0.05) is 17.4 Å². The van der Waals surface area contributed by atoms with E-state index in [1.165, 1.54) is 12.1 Å². The van der Waals surface area contributed by atoms with Gasteiger partial charge in [-0.15, -0.1) is 0 Å². The Morgan fingerprint density at radius 2 is 1.79 bits per heavy atom. The van der Waals surface area contributed by atoms with Gasteiger partial charge in [0.2, 0.25) is 0 Å². The lowest BCUT2D eigenvalue weighted by molar-refractivity contribution is 0.0938. The van der Waals surface area contributed by atoms with Crippen molar-refractivity contribution in [1.29, 1.82) is 0 Å². The lowest BCUT2D eigenvalue weighted by Crippen LogP contribution is -2.28. The monoisotopic (exact) mass is 409 g/mol. The lowest BCUT2D eigenvalue weighted by atomic mass is 10.1. The van der Waals surface area contributed by atoms with Gasteiger partial charge in [-0.1, -0.05) is 24.3 Å². The Balaban J connectivity index is 1.84. The molecule has 0 saturated heterocycles. The molecule has 150 valence electrons. The molecule has 7 heteroatoms. The molecule has 0 aliphatic rings. The van der Waals surface area contributed by atoms with Crippen LogP contribution in [-0.2, 0) is 10.0 Å². The molecule has 3 rings (SSSR count). The zero-order valence-corrected chi connectivity index (χ0v) is 17.3. The smallest absolute Gasteiger partial charge is 0.261 e. The summed E-state index contributed by atoms with van der Waals surface area (Å²) in [6, 6.07) is 16.8. The second-order valence-corrected chi connectivity index (χ2v) is 8.58. The first-order valence-electron chi connectivity index (χ1n) is 9.18. The number of anilines is 1. The third-order valence-corrected chi connectivity index (χ3v) is 5.89. The van der Waals surface area contributed by atoms with Crippen LogP contribution in [-0.4, -0.2) is 19.3 Å². The van der Waals surface area contributed by atoms with Crippen LogP contribution in [0.2, 0.25) is 0 Å². The summed E-state index contributed by atoms with van der Waals surface area (Å²) in [7, 11) is -3.83. The first-order chi connectivity index (χ1) is 13.8. The minimum absolute atomic E-state index is 0.0280. The molecule has 6 nitrogen and oxygen atoms in total. The number of benzene rings is 2. The van der Waals surface area contributed by atoms with Crippen molar-refractivity contribution in [2.45, 2.75) is 31.7 Å². The van der Waals surface area contributed by atoms with Crippen molar-refractivity contribution in [3.8, 4) is 0 Å². The zero-order valence-electron chi connectivity index (χ0n) is 16.5. The maximum absolute atomic E-state index is 12.8. The van der Waals surface area contributed by atoms with E-state index in [0.29, 0.717) is 16.8 Å². The van der Waals surface area contributed by atoms with Crippen LogP contribution in [0.4, 0.5) is 5.69 Å². The molecule has 0 fully saturated rings. The molecule has 1 aromatic heterocycles. The number of sulfonamides is 1. The molecule has 3 aromatic rings. The van der Waals surface area contributed by atoms with Crippen LogP contribution in [0, 0.1) is 13.8 Å². The van der Waals surface area contributed by atoms with Crippen molar-refractivity contribution < 1.29 is 13.2 Å². The molecule has 1 amide bonds. The van der Waals surface area contributed by atoms with Crippen LogP contribution in [0.15, 0.2) is 71.8 Å². The highest BCUT2D eigenvalue weighted by molar-refractivity contribution is 7.92. The van der Waals surface area contributed by atoms with Gasteiger partial charge in [-0.05, 0) is 68.3 Å². The molecule has 0 saturated carbocycles. The highest BCUT2D eigenvalue weighted by Gasteiger charge is 2.20. The van der Waals surface area contributed by atoms with Gasteiger partial charge in [0.15, 0.2) is 0 Å². The molecule has 1 atom stereocenters. The van der Waals surface area contributed by atoms with Crippen molar-refractivity contribution in [3.63, 3.8) is 0 Å². The highest BCUT2D eigenvalue weighted by atomic mass is 32.2. The van der Waals surface area contributed by atoms with E-state index in [9.17, 15) is 13.2 Å². The van der Waals surface area contributed by atoms with E-state index in [1.807, 2.05) is 32.0 Å². The number of aromatic nitrogens is 1. The van der Waals surface area contributed by atoms with Crippen molar-refractivity contribution >= 4 is 21.6 Å². The molecule has 0 radical (unpaired) electrons. The van der Waals surface area contributed by atoms with Crippen molar-refractivity contribution in [3.05, 3.63) is 89.2 Å². The molecule has 1 unspecified atom stereocenters. The van der Waals surface area contributed by atoms with Crippen LogP contribution in [0.1, 0.15) is 40.1 Å². The topological polar surface area (TPSA) is 88.2 Å². The highest BCUT2D eigenvalue weighted by Crippen LogP contribution is 2.21. The third kappa shape index (κ3) is 5.00. The van der Waals surface area contributed by atoms with Crippen LogP contribution < -0.4 is 10.0 Å². The van der Waals surface area contributed by atoms with E-state index in [2.05, 4.69) is 15.0 Å². The van der Waals surface area contributed by atoms with Crippen LogP contribution >= 0.6 is 0 Å². The predicted molar refractivity (Wildman–Crippen MR) is 113 cm³/mol. The number of hydrogen-bond acceptors (Lipinski definition) is 4. The summed E-state index contributed by atoms with van der Waals surface area (Å²) in [6.07, 6.45) is 1.66. The van der Waals surface area contributed by atoms with Gasteiger partial charge >= 0.3 is 0 Å². The molecule has 29 heavy (non-hydrogen) atoms. The van der Waals surface area contributed by atoms with Gasteiger partial charge in [0.05, 0.1) is 16.6 Å². The van der Waals surface area contributed by atoms with Gasteiger partial charge in [-0.3, -0.25) is 14.5 Å². The van der Waals surface area contributed by atoms with Crippen LogP contribution in [0.3, 0.4) is 0 Å². The number of aryl methyl sites for hydroxylation is 2. The van der Waals surface area contributed by atoms with Gasteiger partial charge in [0.25, 0.3) is 15.9 Å². The molecule has 0 spiro atoms. The maximum Gasteiger partial charge on any atom is 0.261 e. The molecule has 2 aromatic carbocycles. The van der Waals surface area contributed by atoms with E-state index in [1.54, 1.807) is 43.5 Å². The molecular weight excluding hydrogens is 386 g/mol. The van der Waals surface area contributed by atoms with E-state index in [-0.39, 0.29) is 16.8 Å². The van der Waals surface area contributed by atoms with Crippen molar-refractivity contribution in [2.75, 3.05) is 4.72 Å². The number of carbonyl (C=O) groups is 1.